The van der Waals surface area contributed by atoms with Crippen LogP contribution in [0, 0.1) is 5.92 Å². The van der Waals surface area contributed by atoms with Crippen molar-refractivity contribution in [2.75, 3.05) is 0 Å². The summed E-state index contributed by atoms with van der Waals surface area (Å²) in [5.41, 5.74) is 0.634. The van der Waals surface area contributed by atoms with Crippen LogP contribution >= 0.6 is 15.9 Å². The zero-order chi connectivity index (χ0) is 13.0. The SMILES string of the molecule is CC(=O)c1cc(Br)ccc1OC(C)CC(C)C. The van der Waals surface area contributed by atoms with Crippen LogP contribution < -0.4 is 4.74 Å². The van der Waals surface area contributed by atoms with Crippen LogP contribution in [0.3, 0.4) is 0 Å². The van der Waals surface area contributed by atoms with E-state index in [2.05, 4.69) is 29.8 Å². The maximum Gasteiger partial charge on any atom is 0.163 e. The highest BCUT2D eigenvalue weighted by Gasteiger charge is 2.13. The van der Waals surface area contributed by atoms with Crippen LogP contribution in [0.5, 0.6) is 5.75 Å². The Labute approximate surface area is 111 Å². The first kappa shape index (κ1) is 14.2. The molecule has 1 rings (SSSR count). The summed E-state index contributed by atoms with van der Waals surface area (Å²) in [7, 11) is 0. The van der Waals surface area contributed by atoms with Gasteiger partial charge in [0.2, 0.25) is 0 Å². The first-order valence-electron chi connectivity index (χ1n) is 5.87. The average Bonchev–Trinajstić information content (AvgIpc) is 2.19. The van der Waals surface area contributed by atoms with Gasteiger partial charge in [-0.05, 0) is 44.4 Å². The van der Waals surface area contributed by atoms with E-state index in [-0.39, 0.29) is 11.9 Å². The number of benzene rings is 1. The summed E-state index contributed by atoms with van der Waals surface area (Å²) >= 11 is 3.36. The predicted octanol–water partition coefficient (Wildman–Crippen LogP) is 4.47. The molecule has 0 fully saturated rings. The molecule has 0 aliphatic heterocycles. The van der Waals surface area contributed by atoms with Gasteiger partial charge in [0, 0.05) is 4.47 Å². The maximum absolute atomic E-state index is 11.5. The molecule has 0 bridgehead atoms. The van der Waals surface area contributed by atoms with Crippen molar-refractivity contribution in [2.45, 2.75) is 40.2 Å². The molecule has 0 amide bonds. The first-order chi connectivity index (χ1) is 7.90. The number of hydrogen-bond acceptors (Lipinski definition) is 2. The lowest BCUT2D eigenvalue weighted by atomic mass is 10.1. The van der Waals surface area contributed by atoms with Crippen molar-refractivity contribution in [3.63, 3.8) is 0 Å². The van der Waals surface area contributed by atoms with Gasteiger partial charge in [0.1, 0.15) is 5.75 Å². The van der Waals surface area contributed by atoms with Gasteiger partial charge in [-0.2, -0.15) is 0 Å². The Hall–Kier alpha value is -0.830. The Morgan fingerprint density at radius 2 is 2.00 bits per heavy atom. The van der Waals surface area contributed by atoms with E-state index in [1.165, 1.54) is 0 Å². The molecule has 1 unspecified atom stereocenters. The van der Waals surface area contributed by atoms with Crippen molar-refractivity contribution >= 4 is 21.7 Å². The number of ether oxygens (including phenoxy) is 1. The van der Waals surface area contributed by atoms with Crippen LogP contribution in [0.1, 0.15) is 44.5 Å². The Bertz CT molecular complexity index is 399. The fourth-order valence-corrected chi connectivity index (χ4v) is 2.17. The third-order valence-corrected chi connectivity index (χ3v) is 2.95. The van der Waals surface area contributed by atoms with Crippen molar-refractivity contribution in [3.05, 3.63) is 28.2 Å². The highest BCUT2D eigenvalue weighted by atomic mass is 79.9. The monoisotopic (exact) mass is 298 g/mol. The fraction of sp³-hybridized carbons (Fsp3) is 0.500. The average molecular weight is 299 g/mol. The fourth-order valence-electron chi connectivity index (χ4n) is 1.81. The minimum atomic E-state index is 0.0260. The van der Waals surface area contributed by atoms with Crippen molar-refractivity contribution in [3.8, 4) is 5.75 Å². The molecule has 0 aliphatic carbocycles. The molecule has 0 N–H and O–H groups in total. The van der Waals surface area contributed by atoms with E-state index >= 15 is 0 Å². The largest absolute Gasteiger partial charge is 0.490 e. The summed E-state index contributed by atoms with van der Waals surface area (Å²) in [4.78, 5) is 11.5. The topological polar surface area (TPSA) is 26.3 Å². The standard InChI is InChI=1S/C14H19BrO2/c1-9(2)7-10(3)17-14-6-5-12(15)8-13(14)11(4)16/h5-6,8-10H,7H2,1-4H3. The lowest BCUT2D eigenvalue weighted by molar-refractivity contribution is 0.101. The summed E-state index contributed by atoms with van der Waals surface area (Å²) in [6, 6.07) is 5.54. The number of rotatable bonds is 5. The Morgan fingerprint density at radius 1 is 1.35 bits per heavy atom. The molecule has 3 heteroatoms. The molecule has 0 spiro atoms. The van der Waals surface area contributed by atoms with Gasteiger partial charge in [-0.15, -0.1) is 0 Å². The first-order valence-corrected chi connectivity index (χ1v) is 6.66. The Kier molecular flexibility index (Phi) is 5.19. The Morgan fingerprint density at radius 3 is 2.53 bits per heavy atom. The van der Waals surface area contributed by atoms with Crippen molar-refractivity contribution in [1.82, 2.24) is 0 Å². The normalized spacial score (nSPS) is 12.6. The number of carbonyl (C=O) groups is 1. The van der Waals surface area contributed by atoms with Gasteiger partial charge in [0.05, 0.1) is 11.7 Å². The molecule has 0 aromatic heterocycles. The molecule has 17 heavy (non-hydrogen) atoms. The highest BCUT2D eigenvalue weighted by molar-refractivity contribution is 9.10. The number of carbonyl (C=O) groups excluding carboxylic acids is 1. The van der Waals surface area contributed by atoms with E-state index in [0.29, 0.717) is 17.2 Å². The van der Waals surface area contributed by atoms with Crippen molar-refractivity contribution < 1.29 is 9.53 Å². The second kappa shape index (κ2) is 6.20. The van der Waals surface area contributed by atoms with E-state index in [4.69, 9.17) is 4.74 Å². The second-order valence-electron chi connectivity index (χ2n) is 4.75. The minimum absolute atomic E-state index is 0.0260. The van der Waals surface area contributed by atoms with Gasteiger partial charge in [0.25, 0.3) is 0 Å². The highest BCUT2D eigenvalue weighted by Crippen LogP contribution is 2.25. The van der Waals surface area contributed by atoms with E-state index in [1.807, 2.05) is 19.1 Å². The molecule has 0 saturated carbocycles. The molecule has 0 saturated heterocycles. The molecular weight excluding hydrogens is 280 g/mol. The van der Waals surface area contributed by atoms with Crippen molar-refractivity contribution in [1.29, 1.82) is 0 Å². The lowest BCUT2D eigenvalue weighted by Crippen LogP contribution is -2.16. The lowest BCUT2D eigenvalue weighted by Gasteiger charge is -2.18. The van der Waals surface area contributed by atoms with Crippen LogP contribution in [-0.2, 0) is 0 Å². The van der Waals surface area contributed by atoms with Crippen LogP contribution in [0.15, 0.2) is 22.7 Å². The number of hydrogen-bond donors (Lipinski definition) is 0. The molecule has 0 radical (unpaired) electrons. The zero-order valence-corrected chi connectivity index (χ0v) is 12.4. The van der Waals surface area contributed by atoms with Crippen LogP contribution in [-0.4, -0.2) is 11.9 Å². The summed E-state index contributed by atoms with van der Waals surface area (Å²) in [5.74, 6) is 1.29. The zero-order valence-electron chi connectivity index (χ0n) is 10.8. The molecule has 1 aromatic carbocycles. The van der Waals surface area contributed by atoms with Crippen molar-refractivity contribution in [2.24, 2.45) is 5.92 Å². The maximum atomic E-state index is 11.5. The van der Waals surface area contributed by atoms with Gasteiger partial charge in [0.15, 0.2) is 5.78 Å². The van der Waals surface area contributed by atoms with Gasteiger partial charge in [-0.25, -0.2) is 0 Å². The second-order valence-corrected chi connectivity index (χ2v) is 5.67. The van der Waals surface area contributed by atoms with Gasteiger partial charge in [-0.1, -0.05) is 29.8 Å². The molecule has 0 heterocycles. The van der Waals surface area contributed by atoms with Gasteiger partial charge >= 0.3 is 0 Å². The summed E-state index contributed by atoms with van der Waals surface area (Å²) in [6.07, 6.45) is 1.10. The number of ketones is 1. The summed E-state index contributed by atoms with van der Waals surface area (Å²) in [5, 5.41) is 0. The van der Waals surface area contributed by atoms with Crippen LogP contribution in [0.25, 0.3) is 0 Å². The van der Waals surface area contributed by atoms with Crippen LogP contribution in [0.2, 0.25) is 0 Å². The number of Topliss-reactive ketones (excluding diaryl/α,β-unsaturated/α-hetero) is 1. The van der Waals surface area contributed by atoms with E-state index < -0.39 is 0 Å². The minimum Gasteiger partial charge on any atom is -0.490 e. The summed E-state index contributed by atoms with van der Waals surface area (Å²) in [6.45, 7) is 7.91. The quantitative estimate of drug-likeness (QED) is 0.750. The van der Waals surface area contributed by atoms with E-state index in [9.17, 15) is 4.79 Å². The molecule has 1 atom stereocenters. The Balaban J connectivity index is 2.86. The van der Waals surface area contributed by atoms with E-state index in [0.717, 1.165) is 10.9 Å². The number of halogens is 1. The van der Waals surface area contributed by atoms with Gasteiger partial charge in [-0.3, -0.25) is 4.79 Å². The predicted molar refractivity (Wildman–Crippen MR) is 73.7 cm³/mol. The molecular formula is C14H19BrO2. The molecule has 0 aliphatic rings. The molecule has 1 aromatic rings. The molecule has 2 nitrogen and oxygen atoms in total. The molecule has 94 valence electrons. The third-order valence-electron chi connectivity index (χ3n) is 2.45. The third kappa shape index (κ3) is 4.50. The van der Waals surface area contributed by atoms with Gasteiger partial charge < -0.3 is 4.74 Å². The van der Waals surface area contributed by atoms with E-state index in [1.54, 1.807) is 13.0 Å². The van der Waals surface area contributed by atoms with Crippen LogP contribution in [0.4, 0.5) is 0 Å². The smallest absolute Gasteiger partial charge is 0.163 e. The summed E-state index contributed by atoms with van der Waals surface area (Å²) < 4.78 is 6.73.